The summed E-state index contributed by atoms with van der Waals surface area (Å²) in [6.07, 6.45) is 4.33. The average Bonchev–Trinajstić information content (AvgIpc) is 3.41. The molecule has 2 N–H and O–H groups in total. The summed E-state index contributed by atoms with van der Waals surface area (Å²) in [7, 11) is 0. The summed E-state index contributed by atoms with van der Waals surface area (Å²) in [6.45, 7) is 4.36. The molecule has 2 atom stereocenters. The van der Waals surface area contributed by atoms with Crippen LogP contribution in [0.15, 0.2) is 21.3 Å². The molecule has 27 heavy (non-hydrogen) atoms. The molecule has 1 amide bonds. The van der Waals surface area contributed by atoms with E-state index < -0.39 is 0 Å². The van der Waals surface area contributed by atoms with Gasteiger partial charge in [-0.15, -0.1) is 12.4 Å². The molecular weight excluding hydrogens is 386 g/mol. The molecular formula is C18H26ClN5O2S. The van der Waals surface area contributed by atoms with Gasteiger partial charge < -0.3 is 15.2 Å². The van der Waals surface area contributed by atoms with E-state index in [1.807, 2.05) is 16.8 Å². The van der Waals surface area contributed by atoms with E-state index in [9.17, 15) is 4.79 Å². The third-order valence-corrected chi connectivity index (χ3v) is 5.83. The van der Waals surface area contributed by atoms with Gasteiger partial charge in [0, 0.05) is 24.0 Å². The molecule has 4 heterocycles. The second kappa shape index (κ2) is 9.64. The third kappa shape index (κ3) is 5.28. The zero-order valence-electron chi connectivity index (χ0n) is 15.2. The van der Waals surface area contributed by atoms with Crippen LogP contribution in [0.3, 0.4) is 0 Å². The first-order valence-corrected chi connectivity index (χ1v) is 10.3. The van der Waals surface area contributed by atoms with E-state index in [1.165, 1.54) is 0 Å². The Kier molecular flexibility index (Phi) is 7.23. The smallest absolute Gasteiger partial charge is 0.241 e. The van der Waals surface area contributed by atoms with Crippen LogP contribution < -0.4 is 10.6 Å². The molecule has 2 aliphatic rings. The molecule has 7 nitrogen and oxygen atoms in total. The van der Waals surface area contributed by atoms with Crippen molar-refractivity contribution in [3.05, 3.63) is 22.7 Å². The summed E-state index contributed by atoms with van der Waals surface area (Å²) in [5, 5.41) is 14.5. The minimum Gasteiger partial charge on any atom is -0.354 e. The number of nitrogens with one attached hydrogen (secondary N) is 2. The Bertz CT molecular complexity index is 717. The van der Waals surface area contributed by atoms with Crippen molar-refractivity contribution >= 4 is 29.7 Å². The normalized spacial score (nSPS) is 23.1. The number of carbonyl (C=O) groups excluding carboxylic acids is 1. The highest BCUT2D eigenvalue weighted by atomic mass is 35.5. The van der Waals surface area contributed by atoms with Gasteiger partial charge in [-0.1, -0.05) is 5.16 Å². The summed E-state index contributed by atoms with van der Waals surface area (Å²) < 4.78 is 5.42. The minimum absolute atomic E-state index is 0. The maximum Gasteiger partial charge on any atom is 0.241 e. The highest BCUT2D eigenvalue weighted by Gasteiger charge is 2.25. The van der Waals surface area contributed by atoms with Gasteiger partial charge in [0.25, 0.3) is 0 Å². The first-order valence-electron chi connectivity index (χ1n) is 9.36. The molecule has 0 saturated carbocycles. The van der Waals surface area contributed by atoms with E-state index >= 15 is 0 Å². The van der Waals surface area contributed by atoms with Gasteiger partial charge in [0.15, 0.2) is 0 Å². The van der Waals surface area contributed by atoms with Gasteiger partial charge in [0.05, 0.1) is 12.6 Å². The predicted molar refractivity (Wildman–Crippen MR) is 107 cm³/mol. The molecule has 0 bridgehead atoms. The summed E-state index contributed by atoms with van der Waals surface area (Å²) in [5.74, 6) is 1.95. The van der Waals surface area contributed by atoms with Gasteiger partial charge in [-0.2, -0.15) is 16.3 Å². The highest BCUT2D eigenvalue weighted by Crippen LogP contribution is 2.21. The summed E-state index contributed by atoms with van der Waals surface area (Å²) in [4.78, 5) is 19.0. The Morgan fingerprint density at radius 1 is 1.41 bits per heavy atom. The van der Waals surface area contributed by atoms with Gasteiger partial charge in [-0.3, -0.25) is 9.69 Å². The van der Waals surface area contributed by atoms with Crippen molar-refractivity contribution in [2.45, 2.75) is 38.3 Å². The lowest BCUT2D eigenvalue weighted by Crippen LogP contribution is -2.45. The lowest BCUT2D eigenvalue weighted by atomic mass is 9.98. The van der Waals surface area contributed by atoms with Crippen LogP contribution in [0, 0.1) is 5.92 Å². The number of hydrogen-bond acceptors (Lipinski definition) is 7. The fourth-order valence-corrected chi connectivity index (χ4v) is 4.39. The number of likely N-dealkylation sites (tertiary alicyclic amines) is 1. The SMILES string of the molecule is Cl.O=C(NCC1CCCN(Cc2nc(-c3ccsc3)no2)C1)C1CCCN1. The van der Waals surface area contributed by atoms with E-state index in [0.29, 0.717) is 24.2 Å². The van der Waals surface area contributed by atoms with E-state index in [-0.39, 0.29) is 24.4 Å². The second-order valence-corrected chi connectivity index (χ2v) is 7.94. The second-order valence-electron chi connectivity index (χ2n) is 7.16. The van der Waals surface area contributed by atoms with Crippen LogP contribution in [0.25, 0.3) is 11.4 Å². The molecule has 2 aromatic rings. The summed E-state index contributed by atoms with van der Waals surface area (Å²) in [6, 6.07) is 2.00. The molecule has 2 fully saturated rings. The van der Waals surface area contributed by atoms with E-state index in [2.05, 4.69) is 25.7 Å². The number of halogens is 1. The number of carbonyl (C=O) groups is 1. The molecule has 4 rings (SSSR count). The zero-order chi connectivity index (χ0) is 17.8. The molecule has 0 aliphatic carbocycles. The minimum atomic E-state index is 0. The molecule has 2 aliphatic heterocycles. The molecule has 2 unspecified atom stereocenters. The summed E-state index contributed by atoms with van der Waals surface area (Å²) in [5.41, 5.74) is 1.00. The number of rotatable bonds is 6. The van der Waals surface area contributed by atoms with Crippen LogP contribution in [0.2, 0.25) is 0 Å². The Morgan fingerprint density at radius 2 is 2.33 bits per heavy atom. The lowest BCUT2D eigenvalue weighted by molar-refractivity contribution is -0.123. The van der Waals surface area contributed by atoms with Crippen molar-refractivity contribution < 1.29 is 9.32 Å². The van der Waals surface area contributed by atoms with Gasteiger partial charge in [0.2, 0.25) is 17.6 Å². The molecule has 0 aromatic carbocycles. The molecule has 0 spiro atoms. The molecule has 9 heteroatoms. The Balaban J connectivity index is 0.00000210. The van der Waals surface area contributed by atoms with Crippen LogP contribution >= 0.6 is 23.7 Å². The van der Waals surface area contributed by atoms with Gasteiger partial charge in [-0.25, -0.2) is 0 Å². The molecule has 0 radical (unpaired) electrons. The number of thiophene rings is 1. The predicted octanol–water partition coefficient (Wildman–Crippen LogP) is 2.30. The van der Waals surface area contributed by atoms with E-state index in [4.69, 9.17) is 4.52 Å². The standard InChI is InChI=1S/C18H25N5O2S.ClH/c24-18(15-4-1-6-19-15)20-9-13-3-2-7-23(10-13)11-16-21-17(22-25-16)14-5-8-26-12-14;/h5,8,12-13,15,19H,1-4,6-7,9-11H2,(H,20,24);1H. The quantitative estimate of drug-likeness (QED) is 0.758. The van der Waals surface area contributed by atoms with Crippen molar-refractivity contribution in [2.24, 2.45) is 5.92 Å². The van der Waals surface area contributed by atoms with Crippen LogP contribution in [-0.2, 0) is 11.3 Å². The maximum atomic E-state index is 12.2. The Morgan fingerprint density at radius 3 is 3.11 bits per heavy atom. The number of aromatic nitrogens is 2. The van der Waals surface area contributed by atoms with Crippen molar-refractivity contribution in [1.29, 1.82) is 0 Å². The fraction of sp³-hybridized carbons (Fsp3) is 0.611. The Labute approximate surface area is 169 Å². The number of hydrogen-bond donors (Lipinski definition) is 2. The van der Waals surface area contributed by atoms with Gasteiger partial charge >= 0.3 is 0 Å². The van der Waals surface area contributed by atoms with Crippen LogP contribution in [0.5, 0.6) is 0 Å². The van der Waals surface area contributed by atoms with Crippen molar-refractivity contribution in [3.8, 4) is 11.4 Å². The topological polar surface area (TPSA) is 83.3 Å². The Hall–Kier alpha value is -1.48. The van der Waals surface area contributed by atoms with Crippen LogP contribution in [0.1, 0.15) is 31.6 Å². The van der Waals surface area contributed by atoms with E-state index in [0.717, 1.165) is 57.4 Å². The first kappa shape index (κ1) is 20.3. The third-order valence-electron chi connectivity index (χ3n) is 5.15. The molecule has 2 saturated heterocycles. The van der Waals surface area contributed by atoms with Gasteiger partial charge in [-0.05, 0) is 56.1 Å². The summed E-state index contributed by atoms with van der Waals surface area (Å²) >= 11 is 1.63. The van der Waals surface area contributed by atoms with Crippen LogP contribution in [-0.4, -0.2) is 53.2 Å². The largest absolute Gasteiger partial charge is 0.354 e. The number of amides is 1. The molecule has 148 valence electrons. The number of piperidine rings is 1. The van der Waals surface area contributed by atoms with Crippen molar-refractivity contribution in [3.63, 3.8) is 0 Å². The first-order chi connectivity index (χ1) is 12.8. The number of nitrogens with zero attached hydrogens (tertiary/aromatic N) is 3. The molecule has 2 aromatic heterocycles. The van der Waals surface area contributed by atoms with Crippen LogP contribution in [0.4, 0.5) is 0 Å². The van der Waals surface area contributed by atoms with Gasteiger partial charge in [0.1, 0.15) is 0 Å². The van der Waals surface area contributed by atoms with E-state index in [1.54, 1.807) is 11.3 Å². The fourth-order valence-electron chi connectivity index (χ4n) is 3.76. The monoisotopic (exact) mass is 411 g/mol. The van der Waals surface area contributed by atoms with Crippen molar-refractivity contribution in [2.75, 3.05) is 26.2 Å². The highest BCUT2D eigenvalue weighted by molar-refractivity contribution is 7.08. The average molecular weight is 412 g/mol. The maximum absolute atomic E-state index is 12.2. The zero-order valence-corrected chi connectivity index (χ0v) is 16.9. The lowest BCUT2D eigenvalue weighted by Gasteiger charge is -2.32. The van der Waals surface area contributed by atoms with Crippen molar-refractivity contribution in [1.82, 2.24) is 25.7 Å².